The molecule has 4 aromatic rings. The Labute approximate surface area is 201 Å². The molecule has 7 nitrogen and oxygen atoms in total. The number of carbonyl (C=O) groups is 1. The van der Waals surface area contributed by atoms with Gasteiger partial charge in [0, 0.05) is 23.6 Å². The number of hydrogen-bond donors (Lipinski definition) is 1. The summed E-state index contributed by atoms with van der Waals surface area (Å²) in [6.07, 6.45) is 0.382. The number of para-hydroxylation sites is 2. The van der Waals surface area contributed by atoms with Crippen LogP contribution in [0.25, 0.3) is 5.69 Å². The molecule has 172 valence electrons. The number of halogens is 1. The van der Waals surface area contributed by atoms with Crippen LogP contribution in [0.5, 0.6) is 17.4 Å². The summed E-state index contributed by atoms with van der Waals surface area (Å²) in [4.78, 5) is 26.4. The highest BCUT2D eigenvalue weighted by Gasteiger charge is 2.30. The summed E-state index contributed by atoms with van der Waals surface area (Å²) >= 11 is 5.94. The molecule has 0 saturated heterocycles. The molecular weight excluding hydrogens is 454 g/mol. The largest absolute Gasteiger partial charge is 0.493 e. The fraction of sp³-hybridized carbons (Fsp3) is 0.154. The van der Waals surface area contributed by atoms with Crippen molar-refractivity contribution < 1.29 is 14.3 Å². The Morgan fingerprint density at radius 2 is 1.82 bits per heavy atom. The van der Waals surface area contributed by atoms with Gasteiger partial charge in [-0.05, 0) is 35.9 Å². The number of hydrogen-bond acceptors (Lipinski definition) is 4. The first-order chi connectivity index (χ1) is 16.5. The summed E-state index contributed by atoms with van der Waals surface area (Å²) in [6.45, 7) is 0.240. The average molecular weight is 476 g/mol. The van der Waals surface area contributed by atoms with Gasteiger partial charge >= 0.3 is 0 Å². The van der Waals surface area contributed by atoms with E-state index in [-0.39, 0.29) is 18.0 Å². The first-order valence-corrected chi connectivity index (χ1v) is 11.2. The van der Waals surface area contributed by atoms with Crippen LogP contribution in [0.1, 0.15) is 16.7 Å². The van der Waals surface area contributed by atoms with Crippen LogP contribution in [0.15, 0.2) is 77.6 Å². The van der Waals surface area contributed by atoms with Crippen molar-refractivity contribution in [3.05, 3.63) is 105 Å². The van der Waals surface area contributed by atoms with Crippen molar-refractivity contribution in [3.8, 4) is 23.1 Å². The van der Waals surface area contributed by atoms with E-state index in [1.165, 1.54) is 4.68 Å². The summed E-state index contributed by atoms with van der Waals surface area (Å²) in [6, 6.07) is 22.0. The average Bonchev–Trinajstić information content (AvgIpc) is 3.12. The van der Waals surface area contributed by atoms with Gasteiger partial charge in [-0.15, -0.1) is 0 Å². The number of ether oxygens (including phenoxy) is 2. The van der Waals surface area contributed by atoms with Crippen molar-refractivity contribution in [3.63, 3.8) is 0 Å². The molecule has 2 heterocycles. The number of methoxy groups -OCH3 is 1. The minimum Gasteiger partial charge on any atom is -0.493 e. The number of amides is 1. The molecular formula is C26H22ClN3O4. The third kappa shape index (κ3) is 4.06. The quantitative estimate of drug-likeness (QED) is 0.397. The highest BCUT2D eigenvalue weighted by atomic mass is 35.5. The lowest BCUT2D eigenvalue weighted by Crippen LogP contribution is -2.31. The van der Waals surface area contributed by atoms with Crippen molar-refractivity contribution in [1.29, 1.82) is 0 Å². The molecule has 5 rings (SSSR count). The number of benzene rings is 3. The van der Waals surface area contributed by atoms with E-state index in [1.807, 2.05) is 54.6 Å². The van der Waals surface area contributed by atoms with Crippen LogP contribution in [0.2, 0.25) is 5.02 Å². The lowest BCUT2D eigenvalue weighted by Gasteiger charge is -2.21. The van der Waals surface area contributed by atoms with Gasteiger partial charge in [0.05, 0.1) is 18.4 Å². The first kappa shape index (κ1) is 21.9. The smallest absolute Gasteiger partial charge is 0.278 e. The Balaban J connectivity index is 1.51. The lowest BCUT2D eigenvalue weighted by atomic mass is 10.0. The van der Waals surface area contributed by atoms with Crippen LogP contribution in [0, 0.1) is 0 Å². The highest BCUT2D eigenvalue weighted by Crippen LogP contribution is 2.41. The van der Waals surface area contributed by atoms with Gasteiger partial charge < -0.3 is 14.8 Å². The Hall–Kier alpha value is -3.97. The Bertz CT molecular complexity index is 1410. The summed E-state index contributed by atoms with van der Waals surface area (Å²) in [7, 11) is 1.57. The van der Waals surface area contributed by atoms with E-state index in [1.54, 1.807) is 30.0 Å². The first-order valence-electron chi connectivity index (χ1n) is 10.8. The van der Waals surface area contributed by atoms with Gasteiger partial charge in [0.15, 0.2) is 11.5 Å². The molecule has 1 aliphatic heterocycles. The van der Waals surface area contributed by atoms with E-state index in [4.69, 9.17) is 21.1 Å². The number of fused-ring (bicyclic) bond motifs is 2. The topological polar surface area (TPSA) is 74.5 Å². The molecule has 0 radical (unpaired) electrons. The fourth-order valence-corrected chi connectivity index (χ4v) is 4.19. The van der Waals surface area contributed by atoms with Crippen LogP contribution in [0.4, 0.5) is 0 Å². The summed E-state index contributed by atoms with van der Waals surface area (Å²) in [5.74, 6) is 1.21. The van der Waals surface area contributed by atoms with Gasteiger partial charge in [0.25, 0.3) is 5.56 Å². The van der Waals surface area contributed by atoms with Crippen molar-refractivity contribution in [1.82, 2.24) is 14.7 Å². The molecule has 0 unspecified atom stereocenters. The Morgan fingerprint density at radius 3 is 2.56 bits per heavy atom. The molecule has 34 heavy (non-hydrogen) atoms. The molecule has 1 amide bonds. The van der Waals surface area contributed by atoms with Crippen molar-refractivity contribution in [2.75, 3.05) is 7.11 Å². The summed E-state index contributed by atoms with van der Waals surface area (Å²) < 4.78 is 14.7. The maximum Gasteiger partial charge on any atom is 0.278 e. The standard InChI is InChI=1S/C26H22ClN3O4/c1-33-22-9-5-6-18-14-21-25(32)30(20-7-3-2-4-8-20)29(26(21)34-24(18)22)16-23(31)28-15-17-10-12-19(27)13-11-17/h2-13H,14-16H2,1H3,(H,28,31). The molecule has 3 aromatic carbocycles. The van der Waals surface area contributed by atoms with Crippen molar-refractivity contribution in [2.24, 2.45) is 0 Å². The van der Waals surface area contributed by atoms with E-state index < -0.39 is 0 Å². The molecule has 0 saturated carbocycles. The van der Waals surface area contributed by atoms with E-state index >= 15 is 0 Å². The molecule has 0 fully saturated rings. The molecule has 1 aromatic heterocycles. The van der Waals surface area contributed by atoms with Crippen LogP contribution >= 0.6 is 11.6 Å². The van der Waals surface area contributed by atoms with Crippen molar-refractivity contribution in [2.45, 2.75) is 19.5 Å². The Morgan fingerprint density at radius 1 is 1.06 bits per heavy atom. The van der Waals surface area contributed by atoms with Crippen LogP contribution in [-0.2, 0) is 24.3 Å². The maximum atomic E-state index is 13.5. The van der Waals surface area contributed by atoms with Crippen LogP contribution < -0.4 is 20.3 Å². The maximum absolute atomic E-state index is 13.5. The zero-order chi connectivity index (χ0) is 23.7. The van der Waals surface area contributed by atoms with Gasteiger partial charge in [-0.3, -0.25) is 9.59 Å². The summed E-state index contributed by atoms with van der Waals surface area (Å²) in [5.41, 5.74) is 2.69. The molecule has 1 N–H and O–H groups in total. The van der Waals surface area contributed by atoms with E-state index in [2.05, 4.69) is 5.32 Å². The number of carbonyl (C=O) groups excluding carboxylic acids is 1. The SMILES string of the molecule is COc1cccc2c1Oc1c(c(=O)n(-c3ccccc3)n1CC(=O)NCc1ccc(Cl)cc1)C2. The predicted octanol–water partition coefficient (Wildman–Crippen LogP) is 4.31. The van der Waals surface area contributed by atoms with Crippen LogP contribution in [-0.4, -0.2) is 22.4 Å². The van der Waals surface area contributed by atoms with Gasteiger partial charge in [-0.25, -0.2) is 9.36 Å². The second kappa shape index (κ2) is 9.11. The van der Waals surface area contributed by atoms with Gasteiger partial charge in [-0.2, -0.15) is 0 Å². The highest BCUT2D eigenvalue weighted by molar-refractivity contribution is 6.30. The third-order valence-corrected chi connectivity index (χ3v) is 5.98. The molecule has 0 bridgehead atoms. The van der Waals surface area contributed by atoms with Crippen molar-refractivity contribution >= 4 is 17.5 Å². The number of nitrogens with one attached hydrogen (secondary N) is 1. The minimum atomic E-state index is -0.258. The predicted molar refractivity (Wildman–Crippen MR) is 129 cm³/mol. The normalized spacial score (nSPS) is 11.8. The zero-order valence-electron chi connectivity index (χ0n) is 18.5. The van der Waals surface area contributed by atoms with Gasteiger partial charge in [0.1, 0.15) is 6.54 Å². The zero-order valence-corrected chi connectivity index (χ0v) is 19.2. The third-order valence-electron chi connectivity index (χ3n) is 5.73. The summed E-state index contributed by atoms with van der Waals surface area (Å²) in [5, 5.41) is 3.54. The second-order valence-corrected chi connectivity index (χ2v) is 8.36. The van der Waals surface area contributed by atoms with Crippen LogP contribution in [0.3, 0.4) is 0 Å². The Kier molecular flexibility index (Phi) is 5.86. The number of rotatable bonds is 6. The lowest BCUT2D eigenvalue weighted by molar-refractivity contribution is -0.122. The van der Waals surface area contributed by atoms with E-state index in [0.717, 1.165) is 11.1 Å². The van der Waals surface area contributed by atoms with Gasteiger partial charge in [0.2, 0.25) is 11.8 Å². The van der Waals surface area contributed by atoms with E-state index in [0.29, 0.717) is 46.6 Å². The monoisotopic (exact) mass is 475 g/mol. The van der Waals surface area contributed by atoms with Gasteiger partial charge in [-0.1, -0.05) is 54.1 Å². The molecule has 0 atom stereocenters. The molecule has 1 aliphatic rings. The fourth-order valence-electron chi connectivity index (χ4n) is 4.07. The number of aromatic nitrogens is 2. The molecule has 8 heteroatoms. The minimum absolute atomic E-state index is 0.0997. The van der Waals surface area contributed by atoms with E-state index in [9.17, 15) is 9.59 Å². The molecule has 0 spiro atoms. The molecule has 0 aliphatic carbocycles. The second-order valence-electron chi connectivity index (χ2n) is 7.92. The number of nitrogens with zero attached hydrogens (tertiary/aromatic N) is 2.